The molecule has 1 aromatic heterocycles. The molecular formula is C18H23BrN4O. The number of hydrogen-bond acceptors (Lipinski definition) is 3. The van der Waals surface area contributed by atoms with E-state index in [4.69, 9.17) is 0 Å². The molecule has 1 heterocycles. The predicted molar refractivity (Wildman–Crippen MR) is 101 cm³/mol. The molecular weight excluding hydrogens is 368 g/mol. The van der Waals surface area contributed by atoms with Gasteiger partial charge < -0.3 is 15.1 Å². The maximum absolute atomic E-state index is 12.7. The largest absolute Gasteiger partial charge is 0.322 e. The number of amides is 2. The maximum atomic E-state index is 12.7. The molecule has 0 bridgehead atoms. The first-order chi connectivity index (χ1) is 11.5. The topological polar surface area (TPSA) is 48.5 Å². The summed E-state index contributed by atoms with van der Waals surface area (Å²) in [4.78, 5) is 20.7. The van der Waals surface area contributed by atoms with E-state index in [0.717, 1.165) is 27.8 Å². The van der Waals surface area contributed by atoms with Gasteiger partial charge in [0.2, 0.25) is 0 Å². The fraction of sp³-hybridized carbons (Fsp3) is 0.333. The van der Waals surface area contributed by atoms with Crippen molar-refractivity contribution < 1.29 is 4.79 Å². The van der Waals surface area contributed by atoms with E-state index in [2.05, 4.69) is 31.1 Å². The minimum absolute atomic E-state index is 0.109. The number of likely N-dealkylation sites (N-methyl/N-ethyl adjacent to an activating group) is 1. The number of nitrogens with zero attached hydrogens (tertiary/aromatic N) is 3. The molecule has 0 aliphatic heterocycles. The third-order valence-corrected chi connectivity index (χ3v) is 4.50. The number of carbonyl (C=O) groups is 1. The van der Waals surface area contributed by atoms with E-state index in [-0.39, 0.29) is 6.03 Å². The average molecular weight is 391 g/mol. The number of pyridine rings is 1. The number of carbonyl (C=O) groups excluding carboxylic acids is 1. The molecule has 2 aromatic rings. The fourth-order valence-corrected chi connectivity index (χ4v) is 2.46. The first-order valence-corrected chi connectivity index (χ1v) is 8.60. The Morgan fingerprint density at radius 3 is 2.67 bits per heavy atom. The van der Waals surface area contributed by atoms with Crippen molar-refractivity contribution in [2.75, 3.05) is 32.5 Å². The highest BCUT2D eigenvalue weighted by atomic mass is 79.9. The second-order valence-electron chi connectivity index (χ2n) is 5.98. The summed E-state index contributed by atoms with van der Waals surface area (Å²) in [6.07, 6.45) is 3.53. The molecule has 1 N–H and O–H groups in total. The third kappa shape index (κ3) is 5.62. The van der Waals surface area contributed by atoms with Crippen LogP contribution in [0.5, 0.6) is 0 Å². The van der Waals surface area contributed by atoms with Crippen LogP contribution < -0.4 is 5.32 Å². The molecule has 0 aliphatic rings. The number of aromatic nitrogens is 1. The molecule has 5 nitrogen and oxygen atoms in total. The highest BCUT2D eigenvalue weighted by molar-refractivity contribution is 9.10. The SMILES string of the molecule is Cc1cc(NC(=O)N(CCN(C)C)Cc2cccnc2)ccc1Br. The number of nitrogens with one attached hydrogen (secondary N) is 1. The minimum Gasteiger partial charge on any atom is -0.319 e. The molecule has 2 rings (SSSR count). The molecule has 0 saturated carbocycles. The van der Waals surface area contributed by atoms with Gasteiger partial charge in [0, 0.05) is 42.2 Å². The first-order valence-electron chi connectivity index (χ1n) is 7.81. The molecule has 1 aromatic carbocycles. The fourth-order valence-electron chi connectivity index (χ4n) is 2.21. The third-order valence-electron chi connectivity index (χ3n) is 3.61. The van der Waals surface area contributed by atoms with Crippen LogP contribution in [0.15, 0.2) is 47.2 Å². The molecule has 0 fully saturated rings. The van der Waals surface area contributed by atoms with Gasteiger partial charge in [-0.15, -0.1) is 0 Å². The molecule has 0 radical (unpaired) electrons. The Morgan fingerprint density at radius 1 is 1.25 bits per heavy atom. The van der Waals surface area contributed by atoms with Gasteiger partial charge in [0.15, 0.2) is 0 Å². The van der Waals surface area contributed by atoms with Gasteiger partial charge in [-0.1, -0.05) is 22.0 Å². The van der Waals surface area contributed by atoms with E-state index in [1.54, 1.807) is 17.3 Å². The van der Waals surface area contributed by atoms with E-state index in [9.17, 15) is 4.79 Å². The Balaban J connectivity index is 2.09. The summed E-state index contributed by atoms with van der Waals surface area (Å²) in [5, 5.41) is 2.98. The van der Waals surface area contributed by atoms with Crippen molar-refractivity contribution in [3.63, 3.8) is 0 Å². The van der Waals surface area contributed by atoms with Gasteiger partial charge in [-0.2, -0.15) is 0 Å². The quantitative estimate of drug-likeness (QED) is 0.816. The standard InChI is InChI=1S/C18H23BrN4O/c1-14-11-16(6-7-17(14)19)21-18(24)23(10-9-22(2)3)13-15-5-4-8-20-12-15/h4-8,11-12H,9-10,13H2,1-3H3,(H,21,24). The summed E-state index contributed by atoms with van der Waals surface area (Å²) in [5.74, 6) is 0. The van der Waals surface area contributed by atoms with Gasteiger partial charge in [-0.25, -0.2) is 4.79 Å². The smallest absolute Gasteiger partial charge is 0.319 e. The van der Waals surface area contributed by atoms with E-state index in [1.165, 1.54) is 0 Å². The minimum atomic E-state index is -0.109. The molecule has 0 saturated heterocycles. The number of urea groups is 1. The lowest BCUT2D eigenvalue weighted by Crippen LogP contribution is -2.39. The van der Waals surface area contributed by atoms with Crippen molar-refractivity contribution in [1.82, 2.24) is 14.8 Å². The van der Waals surface area contributed by atoms with E-state index >= 15 is 0 Å². The molecule has 128 valence electrons. The molecule has 0 atom stereocenters. The molecule has 0 aliphatic carbocycles. The number of hydrogen-bond donors (Lipinski definition) is 1. The van der Waals surface area contributed by atoms with Gasteiger partial charge >= 0.3 is 6.03 Å². The number of aryl methyl sites for hydroxylation is 1. The average Bonchev–Trinajstić information content (AvgIpc) is 2.55. The second kappa shape index (κ2) is 8.80. The zero-order chi connectivity index (χ0) is 17.5. The molecule has 0 unspecified atom stereocenters. The Kier molecular flexibility index (Phi) is 6.75. The van der Waals surface area contributed by atoms with Crippen LogP contribution in [-0.2, 0) is 6.54 Å². The Labute approximate surface area is 151 Å². The van der Waals surface area contributed by atoms with Gasteiger partial charge in [-0.05, 0) is 56.4 Å². The highest BCUT2D eigenvalue weighted by Crippen LogP contribution is 2.20. The molecule has 2 amide bonds. The lowest BCUT2D eigenvalue weighted by atomic mass is 10.2. The normalized spacial score (nSPS) is 10.7. The van der Waals surface area contributed by atoms with E-state index in [1.807, 2.05) is 51.4 Å². The summed E-state index contributed by atoms with van der Waals surface area (Å²) in [6.45, 7) is 3.97. The molecule has 6 heteroatoms. The summed E-state index contributed by atoms with van der Waals surface area (Å²) >= 11 is 3.47. The number of halogens is 1. The number of rotatable bonds is 6. The summed E-state index contributed by atoms with van der Waals surface area (Å²) in [6, 6.07) is 9.54. The van der Waals surface area contributed by atoms with Crippen LogP contribution >= 0.6 is 15.9 Å². The van der Waals surface area contributed by atoms with Crippen molar-refractivity contribution in [2.24, 2.45) is 0 Å². The molecule has 24 heavy (non-hydrogen) atoms. The van der Waals surface area contributed by atoms with Crippen molar-refractivity contribution in [2.45, 2.75) is 13.5 Å². The van der Waals surface area contributed by atoms with E-state index in [0.29, 0.717) is 13.1 Å². The summed E-state index contributed by atoms with van der Waals surface area (Å²) in [5.41, 5.74) is 2.89. The van der Waals surface area contributed by atoms with E-state index < -0.39 is 0 Å². The van der Waals surface area contributed by atoms with Crippen molar-refractivity contribution in [1.29, 1.82) is 0 Å². The van der Waals surface area contributed by atoms with Crippen molar-refractivity contribution >= 4 is 27.6 Å². The number of anilines is 1. The highest BCUT2D eigenvalue weighted by Gasteiger charge is 2.15. The van der Waals surface area contributed by atoms with Crippen molar-refractivity contribution in [3.8, 4) is 0 Å². The van der Waals surface area contributed by atoms with Gasteiger partial charge in [0.05, 0.1) is 0 Å². The van der Waals surface area contributed by atoms with Crippen molar-refractivity contribution in [3.05, 3.63) is 58.3 Å². The van der Waals surface area contributed by atoms with Crippen LogP contribution in [0.25, 0.3) is 0 Å². The zero-order valence-corrected chi connectivity index (χ0v) is 15.9. The Morgan fingerprint density at radius 2 is 2.04 bits per heavy atom. The van der Waals surface area contributed by atoms with Crippen LogP contribution in [0.4, 0.5) is 10.5 Å². The Bertz CT molecular complexity index is 676. The predicted octanol–water partition coefficient (Wildman–Crippen LogP) is 3.75. The second-order valence-corrected chi connectivity index (χ2v) is 6.83. The summed E-state index contributed by atoms with van der Waals surface area (Å²) < 4.78 is 1.03. The molecule has 0 spiro atoms. The number of benzene rings is 1. The monoisotopic (exact) mass is 390 g/mol. The van der Waals surface area contributed by atoms with Crippen LogP contribution in [0.2, 0.25) is 0 Å². The lowest BCUT2D eigenvalue weighted by molar-refractivity contribution is 0.202. The lowest BCUT2D eigenvalue weighted by Gasteiger charge is -2.25. The summed E-state index contributed by atoms with van der Waals surface area (Å²) in [7, 11) is 4.00. The van der Waals surface area contributed by atoms with Gasteiger partial charge in [0.25, 0.3) is 0 Å². The van der Waals surface area contributed by atoms with Gasteiger partial charge in [-0.3, -0.25) is 4.98 Å². The maximum Gasteiger partial charge on any atom is 0.322 e. The van der Waals surface area contributed by atoms with Gasteiger partial charge in [0.1, 0.15) is 0 Å². The zero-order valence-electron chi connectivity index (χ0n) is 14.3. The van der Waals surface area contributed by atoms with Crippen LogP contribution in [0.1, 0.15) is 11.1 Å². The van der Waals surface area contributed by atoms with Crippen LogP contribution in [-0.4, -0.2) is 48.0 Å². The van der Waals surface area contributed by atoms with Crippen LogP contribution in [0.3, 0.4) is 0 Å². The Hall–Kier alpha value is -1.92. The van der Waals surface area contributed by atoms with Crippen LogP contribution in [0, 0.1) is 6.92 Å². The first kappa shape index (κ1) is 18.4.